The van der Waals surface area contributed by atoms with Crippen molar-refractivity contribution in [1.29, 1.82) is 0 Å². The average molecular weight is 331 g/mol. The van der Waals surface area contributed by atoms with Gasteiger partial charge in [0, 0.05) is 10.9 Å². The number of fused-ring (bicyclic) bond motifs is 3. The van der Waals surface area contributed by atoms with Crippen LogP contribution in [0.2, 0.25) is 0 Å². The van der Waals surface area contributed by atoms with Crippen molar-refractivity contribution in [3.05, 3.63) is 59.6 Å². The minimum atomic E-state index is -3.90. The molecule has 1 aliphatic heterocycles. The fourth-order valence-corrected chi connectivity index (χ4v) is 4.32. The molecule has 3 aromatic rings. The Hall–Kier alpha value is -2.18. The first kappa shape index (κ1) is 14.4. The summed E-state index contributed by atoms with van der Waals surface area (Å²) in [5.41, 5.74) is 1.69. The first-order chi connectivity index (χ1) is 11.1. The monoisotopic (exact) mass is 331 g/mol. The second kappa shape index (κ2) is 5.18. The van der Waals surface area contributed by atoms with Gasteiger partial charge in [-0.05, 0) is 43.3 Å². The van der Waals surface area contributed by atoms with Gasteiger partial charge in [0.2, 0.25) is 9.84 Å². The van der Waals surface area contributed by atoms with Crippen LogP contribution in [-0.2, 0) is 22.8 Å². The van der Waals surface area contributed by atoms with Crippen LogP contribution in [-0.4, -0.2) is 15.0 Å². The first-order valence-corrected chi connectivity index (χ1v) is 8.80. The smallest absolute Gasteiger partial charge is 0.209 e. The van der Waals surface area contributed by atoms with Gasteiger partial charge in [-0.1, -0.05) is 12.1 Å². The Balaban J connectivity index is 1.91. The SMILES string of the molecule is O=S(=O)(c1ccc2oc3c(c2c1)CCNC3)c1ccccc1F. The molecule has 0 bridgehead atoms. The number of furan rings is 1. The molecular formula is C17H14FNO3S. The molecule has 0 fully saturated rings. The lowest BCUT2D eigenvalue weighted by Crippen LogP contribution is -2.22. The Labute approximate surface area is 132 Å². The maximum atomic E-state index is 13.9. The van der Waals surface area contributed by atoms with Crippen LogP contribution >= 0.6 is 0 Å². The van der Waals surface area contributed by atoms with E-state index in [0.717, 1.165) is 35.7 Å². The van der Waals surface area contributed by atoms with E-state index in [4.69, 9.17) is 4.42 Å². The molecule has 4 nitrogen and oxygen atoms in total. The fourth-order valence-electron chi connectivity index (χ4n) is 2.97. The summed E-state index contributed by atoms with van der Waals surface area (Å²) < 4.78 is 45.1. The van der Waals surface area contributed by atoms with Gasteiger partial charge in [-0.15, -0.1) is 0 Å². The second-order valence-electron chi connectivity index (χ2n) is 5.52. The summed E-state index contributed by atoms with van der Waals surface area (Å²) in [4.78, 5) is -0.226. The molecule has 6 heteroatoms. The molecule has 1 N–H and O–H groups in total. The van der Waals surface area contributed by atoms with Crippen LogP contribution in [0, 0.1) is 5.82 Å². The fraction of sp³-hybridized carbons (Fsp3) is 0.176. The lowest BCUT2D eigenvalue weighted by molar-refractivity contribution is 0.488. The summed E-state index contributed by atoms with van der Waals surface area (Å²) in [7, 11) is -3.90. The third-order valence-electron chi connectivity index (χ3n) is 4.12. The maximum Gasteiger partial charge on any atom is 0.209 e. The molecule has 0 aliphatic carbocycles. The van der Waals surface area contributed by atoms with Gasteiger partial charge in [-0.3, -0.25) is 0 Å². The summed E-state index contributed by atoms with van der Waals surface area (Å²) in [5, 5.41) is 4.01. The Morgan fingerprint density at radius 1 is 1.13 bits per heavy atom. The summed E-state index contributed by atoms with van der Waals surface area (Å²) in [5.74, 6) is 0.0951. The zero-order valence-corrected chi connectivity index (χ0v) is 13.0. The predicted octanol–water partition coefficient (Wildman–Crippen LogP) is 3.05. The van der Waals surface area contributed by atoms with Gasteiger partial charge in [0.25, 0.3) is 0 Å². The van der Waals surface area contributed by atoms with Gasteiger partial charge in [0.1, 0.15) is 22.1 Å². The Morgan fingerprint density at radius 2 is 1.96 bits per heavy atom. The lowest BCUT2D eigenvalue weighted by Gasteiger charge is -2.11. The van der Waals surface area contributed by atoms with Crippen LogP contribution in [0.3, 0.4) is 0 Å². The van der Waals surface area contributed by atoms with Gasteiger partial charge >= 0.3 is 0 Å². The molecule has 0 atom stereocenters. The maximum absolute atomic E-state index is 13.9. The summed E-state index contributed by atoms with van der Waals surface area (Å²) in [6.07, 6.45) is 0.783. The highest BCUT2D eigenvalue weighted by molar-refractivity contribution is 7.91. The molecule has 2 heterocycles. The molecule has 0 amide bonds. The number of hydrogen-bond donors (Lipinski definition) is 1. The molecule has 0 radical (unpaired) electrons. The van der Waals surface area contributed by atoms with Gasteiger partial charge < -0.3 is 9.73 Å². The second-order valence-corrected chi connectivity index (χ2v) is 7.44. The highest BCUT2D eigenvalue weighted by Gasteiger charge is 2.24. The summed E-state index contributed by atoms with van der Waals surface area (Å²) in [6.45, 7) is 1.46. The average Bonchev–Trinajstić information content (AvgIpc) is 2.93. The molecule has 4 rings (SSSR count). The van der Waals surface area contributed by atoms with Crippen molar-refractivity contribution in [2.24, 2.45) is 0 Å². The molecule has 23 heavy (non-hydrogen) atoms. The van der Waals surface area contributed by atoms with E-state index in [1.54, 1.807) is 12.1 Å². The molecule has 0 saturated carbocycles. The number of hydrogen-bond acceptors (Lipinski definition) is 4. The van der Waals surface area contributed by atoms with E-state index >= 15 is 0 Å². The van der Waals surface area contributed by atoms with E-state index in [1.165, 1.54) is 24.3 Å². The third kappa shape index (κ3) is 2.26. The molecule has 118 valence electrons. The minimum Gasteiger partial charge on any atom is -0.459 e. The van der Waals surface area contributed by atoms with Gasteiger partial charge in [-0.25, -0.2) is 12.8 Å². The highest BCUT2D eigenvalue weighted by atomic mass is 32.2. The molecular weight excluding hydrogens is 317 g/mol. The number of sulfone groups is 1. The molecule has 0 saturated heterocycles. The van der Waals surface area contributed by atoms with E-state index in [1.807, 2.05) is 0 Å². The van der Waals surface area contributed by atoms with Crippen molar-refractivity contribution in [3.63, 3.8) is 0 Å². The van der Waals surface area contributed by atoms with Crippen LogP contribution in [0.5, 0.6) is 0 Å². The van der Waals surface area contributed by atoms with E-state index in [2.05, 4.69) is 5.32 Å². The van der Waals surface area contributed by atoms with Crippen LogP contribution in [0.4, 0.5) is 4.39 Å². The zero-order valence-electron chi connectivity index (χ0n) is 12.2. The van der Waals surface area contributed by atoms with Crippen LogP contribution in [0.1, 0.15) is 11.3 Å². The Kier molecular flexibility index (Phi) is 3.25. The Bertz CT molecular complexity index is 1010. The van der Waals surface area contributed by atoms with Gasteiger partial charge in [0.15, 0.2) is 0 Å². The number of halogens is 1. The normalized spacial score (nSPS) is 14.8. The summed E-state index contributed by atoms with van der Waals surface area (Å²) in [6, 6.07) is 10.1. The number of benzene rings is 2. The third-order valence-corrected chi connectivity index (χ3v) is 5.90. The van der Waals surface area contributed by atoms with Crippen molar-refractivity contribution in [2.75, 3.05) is 6.54 Å². The number of nitrogens with one attached hydrogen (secondary N) is 1. The van der Waals surface area contributed by atoms with Crippen LogP contribution in [0.15, 0.2) is 56.7 Å². The summed E-state index contributed by atoms with van der Waals surface area (Å²) >= 11 is 0. The molecule has 0 unspecified atom stereocenters. The van der Waals surface area contributed by atoms with Crippen LogP contribution < -0.4 is 5.32 Å². The van der Waals surface area contributed by atoms with Crippen molar-refractivity contribution in [1.82, 2.24) is 5.32 Å². The van der Waals surface area contributed by atoms with Crippen molar-refractivity contribution < 1.29 is 17.2 Å². The predicted molar refractivity (Wildman–Crippen MR) is 83.5 cm³/mol. The van der Waals surface area contributed by atoms with Crippen LogP contribution in [0.25, 0.3) is 11.0 Å². The van der Waals surface area contributed by atoms with E-state index < -0.39 is 15.7 Å². The van der Waals surface area contributed by atoms with Gasteiger partial charge in [0.05, 0.1) is 11.4 Å². The van der Waals surface area contributed by atoms with Crippen molar-refractivity contribution in [2.45, 2.75) is 22.8 Å². The van der Waals surface area contributed by atoms with Crippen molar-refractivity contribution >= 4 is 20.8 Å². The van der Waals surface area contributed by atoms with E-state index in [-0.39, 0.29) is 9.79 Å². The molecule has 1 aliphatic rings. The zero-order chi connectivity index (χ0) is 16.0. The standard InChI is InChI=1S/C17H14FNO3S/c18-14-3-1-2-4-17(14)23(20,21)11-5-6-15-13(9-11)12-7-8-19-10-16(12)22-15/h1-6,9,19H,7-8,10H2. The quantitative estimate of drug-likeness (QED) is 0.784. The first-order valence-electron chi connectivity index (χ1n) is 7.32. The topological polar surface area (TPSA) is 59.3 Å². The minimum absolute atomic E-state index is 0.0808. The Morgan fingerprint density at radius 3 is 2.78 bits per heavy atom. The molecule has 0 spiro atoms. The lowest BCUT2D eigenvalue weighted by atomic mass is 10.1. The van der Waals surface area contributed by atoms with Gasteiger partial charge in [-0.2, -0.15) is 0 Å². The largest absolute Gasteiger partial charge is 0.459 e. The highest BCUT2D eigenvalue weighted by Crippen LogP contribution is 2.32. The molecule has 1 aromatic heterocycles. The number of rotatable bonds is 2. The molecule has 2 aromatic carbocycles. The van der Waals surface area contributed by atoms with E-state index in [9.17, 15) is 12.8 Å². The van der Waals surface area contributed by atoms with E-state index in [0.29, 0.717) is 12.1 Å². The van der Waals surface area contributed by atoms with Crippen molar-refractivity contribution in [3.8, 4) is 0 Å².